The minimum Gasteiger partial charge on any atom is -0.449 e. The molecule has 0 atom stereocenters. The summed E-state index contributed by atoms with van der Waals surface area (Å²) in [6.07, 6.45) is 4.14. The molecule has 2 rings (SSSR count). The number of ether oxygens (including phenoxy) is 1. The maximum absolute atomic E-state index is 11.4. The van der Waals surface area contributed by atoms with Crippen LogP contribution in [0.4, 0.5) is 4.79 Å². The summed E-state index contributed by atoms with van der Waals surface area (Å²) in [5, 5.41) is 0. The van der Waals surface area contributed by atoms with E-state index in [2.05, 4.69) is 20.9 Å². The lowest BCUT2D eigenvalue weighted by Crippen LogP contribution is -2.37. The minimum atomic E-state index is -0.235. The molecule has 1 aromatic rings. The SMILES string of the molecule is O=C1OCCCN1Cc1cncc(Br)c1. The van der Waals surface area contributed by atoms with Crippen LogP contribution in [-0.4, -0.2) is 29.1 Å². The summed E-state index contributed by atoms with van der Waals surface area (Å²) in [5.41, 5.74) is 1.00. The molecule has 1 amide bonds. The number of carbonyl (C=O) groups excluding carboxylic acids is 1. The van der Waals surface area contributed by atoms with Crippen LogP contribution in [0.1, 0.15) is 12.0 Å². The Kier molecular flexibility index (Phi) is 3.20. The summed E-state index contributed by atoms with van der Waals surface area (Å²) >= 11 is 3.34. The van der Waals surface area contributed by atoms with Crippen LogP contribution in [0.5, 0.6) is 0 Å². The number of halogens is 1. The normalized spacial score (nSPS) is 16.3. The summed E-state index contributed by atoms with van der Waals surface area (Å²) in [5.74, 6) is 0. The third-order valence-electron chi connectivity index (χ3n) is 2.19. The van der Waals surface area contributed by atoms with E-state index in [1.807, 2.05) is 6.07 Å². The second-order valence-corrected chi connectivity index (χ2v) is 4.32. The molecule has 2 heterocycles. The largest absolute Gasteiger partial charge is 0.449 e. The number of pyridine rings is 1. The maximum Gasteiger partial charge on any atom is 0.410 e. The molecule has 1 saturated heterocycles. The molecular weight excluding hydrogens is 260 g/mol. The van der Waals surface area contributed by atoms with Crippen molar-refractivity contribution in [2.24, 2.45) is 0 Å². The van der Waals surface area contributed by atoms with E-state index >= 15 is 0 Å². The third-order valence-corrected chi connectivity index (χ3v) is 2.62. The zero-order chi connectivity index (χ0) is 10.7. The molecule has 5 heteroatoms. The molecule has 80 valence electrons. The summed E-state index contributed by atoms with van der Waals surface area (Å²) in [6.45, 7) is 1.85. The molecule has 0 bridgehead atoms. The molecule has 1 aliphatic heterocycles. The van der Waals surface area contributed by atoms with Gasteiger partial charge in [0.2, 0.25) is 0 Å². The summed E-state index contributed by atoms with van der Waals surface area (Å²) < 4.78 is 5.87. The van der Waals surface area contributed by atoms with Gasteiger partial charge in [-0.15, -0.1) is 0 Å². The number of nitrogens with zero attached hydrogens (tertiary/aromatic N) is 2. The molecule has 1 fully saturated rings. The van der Waals surface area contributed by atoms with Crippen LogP contribution in [0, 0.1) is 0 Å². The van der Waals surface area contributed by atoms with E-state index in [-0.39, 0.29) is 6.09 Å². The monoisotopic (exact) mass is 270 g/mol. The molecule has 0 spiro atoms. The molecule has 0 aliphatic carbocycles. The van der Waals surface area contributed by atoms with Gasteiger partial charge < -0.3 is 9.64 Å². The Hall–Kier alpha value is -1.10. The second-order valence-electron chi connectivity index (χ2n) is 3.40. The summed E-state index contributed by atoms with van der Waals surface area (Å²) in [7, 11) is 0. The highest BCUT2D eigenvalue weighted by Gasteiger charge is 2.19. The van der Waals surface area contributed by atoms with Gasteiger partial charge in [0.1, 0.15) is 0 Å². The van der Waals surface area contributed by atoms with E-state index in [0.717, 1.165) is 23.0 Å². The Morgan fingerprint density at radius 1 is 1.53 bits per heavy atom. The average molecular weight is 271 g/mol. The van der Waals surface area contributed by atoms with Gasteiger partial charge in [0.25, 0.3) is 0 Å². The first-order valence-electron chi connectivity index (χ1n) is 4.77. The van der Waals surface area contributed by atoms with Crippen molar-refractivity contribution in [3.05, 3.63) is 28.5 Å². The van der Waals surface area contributed by atoms with Crippen molar-refractivity contribution in [2.45, 2.75) is 13.0 Å². The van der Waals surface area contributed by atoms with Gasteiger partial charge >= 0.3 is 6.09 Å². The van der Waals surface area contributed by atoms with E-state index < -0.39 is 0 Å². The van der Waals surface area contributed by atoms with Crippen LogP contribution in [-0.2, 0) is 11.3 Å². The van der Waals surface area contributed by atoms with Crippen molar-refractivity contribution in [3.63, 3.8) is 0 Å². The van der Waals surface area contributed by atoms with Crippen LogP contribution in [0.3, 0.4) is 0 Å². The van der Waals surface area contributed by atoms with Gasteiger partial charge in [0.05, 0.1) is 13.2 Å². The predicted molar refractivity (Wildman–Crippen MR) is 58.3 cm³/mol. The minimum absolute atomic E-state index is 0.235. The average Bonchev–Trinajstić information content (AvgIpc) is 2.22. The first-order valence-corrected chi connectivity index (χ1v) is 5.56. The van der Waals surface area contributed by atoms with E-state index in [1.54, 1.807) is 17.3 Å². The molecular formula is C10H11BrN2O2. The number of carbonyl (C=O) groups is 1. The lowest BCUT2D eigenvalue weighted by atomic mass is 10.2. The van der Waals surface area contributed by atoms with Crippen molar-refractivity contribution in [1.82, 2.24) is 9.88 Å². The lowest BCUT2D eigenvalue weighted by molar-refractivity contribution is 0.0700. The van der Waals surface area contributed by atoms with Gasteiger partial charge in [-0.2, -0.15) is 0 Å². The third kappa shape index (κ3) is 2.68. The quantitative estimate of drug-likeness (QED) is 0.828. The fraction of sp³-hybridized carbons (Fsp3) is 0.400. The Morgan fingerprint density at radius 3 is 3.13 bits per heavy atom. The topological polar surface area (TPSA) is 42.4 Å². The highest BCUT2D eigenvalue weighted by molar-refractivity contribution is 9.10. The number of amides is 1. The van der Waals surface area contributed by atoms with Crippen LogP contribution in [0.2, 0.25) is 0 Å². The van der Waals surface area contributed by atoms with Gasteiger partial charge in [-0.1, -0.05) is 0 Å². The predicted octanol–water partition coefficient (Wildman–Crippen LogP) is 2.19. The number of hydrogen-bond donors (Lipinski definition) is 0. The van der Waals surface area contributed by atoms with Gasteiger partial charge in [0, 0.05) is 23.4 Å². The van der Waals surface area contributed by atoms with Gasteiger partial charge in [-0.3, -0.25) is 4.98 Å². The van der Waals surface area contributed by atoms with Crippen molar-refractivity contribution in [3.8, 4) is 0 Å². The van der Waals surface area contributed by atoms with Crippen LogP contribution in [0.25, 0.3) is 0 Å². The fourth-order valence-electron chi connectivity index (χ4n) is 1.50. The zero-order valence-corrected chi connectivity index (χ0v) is 9.74. The molecule has 0 aromatic carbocycles. The van der Waals surface area contributed by atoms with E-state index in [0.29, 0.717) is 13.2 Å². The Labute approximate surface area is 96.4 Å². The van der Waals surface area contributed by atoms with Crippen molar-refractivity contribution >= 4 is 22.0 Å². The molecule has 0 saturated carbocycles. The maximum atomic E-state index is 11.4. The molecule has 15 heavy (non-hydrogen) atoms. The lowest BCUT2D eigenvalue weighted by Gasteiger charge is -2.26. The molecule has 1 aliphatic rings. The first kappa shape index (κ1) is 10.4. The van der Waals surface area contributed by atoms with E-state index in [9.17, 15) is 4.79 Å². The standard InChI is InChI=1S/C10H11BrN2O2/c11-9-4-8(5-12-6-9)7-13-2-1-3-15-10(13)14/h4-6H,1-3,7H2. The van der Waals surface area contributed by atoms with Crippen molar-refractivity contribution < 1.29 is 9.53 Å². The van der Waals surface area contributed by atoms with Crippen LogP contribution in [0.15, 0.2) is 22.9 Å². The fourth-order valence-corrected chi connectivity index (χ4v) is 1.92. The number of aromatic nitrogens is 1. The Morgan fingerprint density at radius 2 is 2.40 bits per heavy atom. The number of rotatable bonds is 2. The molecule has 0 unspecified atom stereocenters. The highest BCUT2D eigenvalue weighted by atomic mass is 79.9. The summed E-state index contributed by atoms with van der Waals surface area (Å²) in [6, 6.07) is 1.95. The molecule has 0 radical (unpaired) electrons. The van der Waals surface area contributed by atoms with Gasteiger partial charge in [-0.25, -0.2) is 4.79 Å². The van der Waals surface area contributed by atoms with E-state index in [1.165, 1.54) is 0 Å². The molecule has 1 aromatic heterocycles. The molecule has 4 nitrogen and oxygen atoms in total. The van der Waals surface area contributed by atoms with Crippen LogP contribution >= 0.6 is 15.9 Å². The number of cyclic esters (lactones) is 1. The Bertz CT molecular complexity index is 370. The van der Waals surface area contributed by atoms with Crippen LogP contribution < -0.4 is 0 Å². The van der Waals surface area contributed by atoms with Gasteiger partial charge in [0.15, 0.2) is 0 Å². The van der Waals surface area contributed by atoms with E-state index in [4.69, 9.17) is 4.74 Å². The van der Waals surface area contributed by atoms with Crippen molar-refractivity contribution in [1.29, 1.82) is 0 Å². The summed E-state index contributed by atoms with van der Waals surface area (Å²) in [4.78, 5) is 17.1. The first-order chi connectivity index (χ1) is 7.25. The Balaban J connectivity index is 2.04. The zero-order valence-electron chi connectivity index (χ0n) is 8.15. The smallest absolute Gasteiger partial charge is 0.410 e. The second kappa shape index (κ2) is 4.61. The highest BCUT2D eigenvalue weighted by Crippen LogP contribution is 2.14. The van der Waals surface area contributed by atoms with Gasteiger partial charge in [-0.05, 0) is 34.0 Å². The molecule has 0 N–H and O–H groups in total. The number of hydrogen-bond acceptors (Lipinski definition) is 3. The van der Waals surface area contributed by atoms with Crippen molar-refractivity contribution in [2.75, 3.05) is 13.2 Å².